The van der Waals surface area contributed by atoms with Crippen LogP contribution in [0.15, 0.2) is 18.2 Å². The smallest absolute Gasteiger partial charge is 0.227 e. The first-order chi connectivity index (χ1) is 8.41. The first-order valence-electron chi connectivity index (χ1n) is 5.89. The Labute approximate surface area is 117 Å². The Hall–Kier alpha value is -0.770. The topological polar surface area (TPSA) is 46.3 Å². The Kier molecular flexibility index (Phi) is 3.85. The minimum Gasteiger partial charge on any atom is -0.339 e. The summed E-state index contributed by atoms with van der Waals surface area (Å²) in [4.78, 5) is 13.8. The molecule has 0 aliphatic heterocycles. The van der Waals surface area contributed by atoms with Crippen molar-refractivity contribution in [1.82, 2.24) is 4.90 Å². The summed E-state index contributed by atoms with van der Waals surface area (Å²) >= 11 is 12.0. The molecule has 3 unspecified atom stereocenters. The maximum atomic E-state index is 12.1. The molecule has 18 heavy (non-hydrogen) atoms. The first kappa shape index (κ1) is 13.7. The van der Waals surface area contributed by atoms with Gasteiger partial charge in [-0.3, -0.25) is 4.79 Å². The third-order valence-corrected chi connectivity index (χ3v) is 4.06. The summed E-state index contributed by atoms with van der Waals surface area (Å²) in [5.74, 6) is 0.0598. The molecule has 0 bridgehead atoms. The Morgan fingerprint density at radius 2 is 2.11 bits per heavy atom. The number of benzene rings is 1. The summed E-state index contributed by atoms with van der Waals surface area (Å²) in [6.07, 6.45) is 0.782. The molecule has 3 atom stereocenters. The fourth-order valence-corrected chi connectivity index (χ4v) is 2.57. The second kappa shape index (κ2) is 5.08. The van der Waals surface area contributed by atoms with Crippen LogP contribution in [0, 0.1) is 5.92 Å². The van der Waals surface area contributed by atoms with E-state index in [1.165, 1.54) is 0 Å². The highest BCUT2D eigenvalue weighted by atomic mass is 35.5. The van der Waals surface area contributed by atoms with Gasteiger partial charge in [-0.05, 0) is 31.0 Å². The number of carbonyl (C=O) groups is 1. The van der Waals surface area contributed by atoms with Crippen molar-refractivity contribution >= 4 is 29.1 Å². The number of nitrogens with zero attached hydrogens (tertiary/aromatic N) is 1. The summed E-state index contributed by atoms with van der Waals surface area (Å²) < 4.78 is 0. The summed E-state index contributed by atoms with van der Waals surface area (Å²) in [7, 11) is 1.78. The molecular weight excluding hydrogens is 271 g/mol. The van der Waals surface area contributed by atoms with Crippen molar-refractivity contribution < 1.29 is 4.79 Å². The largest absolute Gasteiger partial charge is 0.339 e. The van der Waals surface area contributed by atoms with Crippen molar-refractivity contribution in [3.05, 3.63) is 33.8 Å². The van der Waals surface area contributed by atoms with Crippen LogP contribution in [0.5, 0.6) is 0 Å². The summed E-state index contributed by atoms with van der Waals surface area (Å²) in [5.41, 5.74) is 6.60. The van der Waals surface area contributed by atoms with Gasteiger partial charge in [-0.2, -0.15) is 0 Å². The first-order valence-corrected chi connectivity index (χ1v) is 6.64. The molecule has 1 aliphatic rings. The van der Waals surface area contributed by atoms with Crippen LogP contribution in [0.2, 0.25) is 10.0 Å². The Bertz CT molecular complexity index is 478. The van der Waals surface area contributed by atoms with Crippen molar-refractivity contribution in [1.29, 1.82) is 0 Å². The molecule has 2 N–H and O–H groups in total. The molecule has 98 valence electrons. The van der Waals surface area contributed by atoms with E-state index < -0.39 is 0 Å². The van der Waals surface area contributed by atoms with Gasteiger partial charge >= 0.3 is 0 Å². The third kappa shape index (κ3) is 2.63. The Morgan fingerprint density at radius 1 is 1.50 bits per heavy atom. The maximum Gasteiger partial charge on any atom is 0.227 e. The van der Waals surface area contributed by atoms with E-state index in [1.807, 2.05) is 13.0 Å². The summed E-state index contributed by atoms with van der Waals surface area (Å²) in [6, 6.07) is 5.26. The molecule has 1 aromatic carbocycles. The predicted molar refractivity (Wildman–Crippen MR) is 73.7 cm³/mol. The van der Waals surface area contributed by atoms with Crippen molar-refractivity contribution in [3.63, 3.8) is 0 Å². The molecule has 1 saturated carbocycles. The minimum atomic E-state index is -0.0879. The molecule has 1 aliphatic carbocycles. The van der Waals surface area contributed by atoms with Crippen LogP contribution in [0.25, 0.3) is 0 Å². The predicted octanol–water partition coefficient (Wildman–Crippen LogP) is 2.86. The van der Waals surface area contributed by atoms with Gasteiger partial charge in [-0.15, -0.1) is 0 Å². The maximum absolute atomic E-state index is 12.1. The monoisotopic (exact) mass is 286 g/mol. The lowest BCUT2D eigenvalue weighted by molar-refractivity contribution is -0.133. The number of rotatable bonds is 3. The molecule has 0 saturated heterocycles. The Morgan fingerprint density at radius 3 is 2.61 bits per heavy atom. The molecule has 3 nitrogen and oxygen atoms in total. The van der Waals surface area contributed by atoms with E-state index in [4.69, 9.17) is 28.9 Å². The van der Waals surface area contributed by atoms with Gasteiger partial charge in [0.1, 0.15) is 0 Å². The van der Waals surface area contributed by atoms with Crippen LogP contribution >= 0.6 is 23.2 Å². The second-order valence-corrected chi connectivity index (χ2v) is 5.64. The zero-order valence-electron chi connectivity index (χ0n) is 10.4. The van der Waals surface area contributed by atoms with Crippen molar-refractivity contribution in [3.8, 4) is 0 Å². The van der Waals surface area contributed by atoms with Crippen LogP contribution in [-0.4, -0.2) is 23.9 Å². The third-order valence-electron chi connectivity index (χ3n) is 3.50. The van der Waals surface area contributed by atoms with Crippen LogP contribution in [0.3, 0.4) is 0 Å². The fraction of sp³-hybridized carbons (Fsp3) is 0.462. The van der Waals surface area contributed by atoms with E-state index >= 15 is 0 Å². The number of nitrogens with two attached hydrogens (primary N) is 1. The average Bonchev–Trinajstić information content (AvgIpc) is 3.03. The number of amides is 1. The quantitative estimate of drug-likeness (QED) is 0.929. The normalized spacial score (nSPS) is 23.6. The molecule has 0 aromatic heterocycles. The number of hydrogen-bond acceptors (Lipinski definition) is 2. The highest BCUT2D eigenvalue weighted by molar-refractivity contribution is 6.35. The lowest BCUT2D eigenvalue weighted by Gasteiger charge is -2.26. The zero-order valence-corrected chi connectivity index (χ0v) is 11.9. The van der Waals surface area contributed by atoms with Crippen molar-refractivity contribution in [2.24, 2.45) is 11.7 Å². The molecule has 2 rings (SSSR count). The summed E-state index contributed by atoms with van der Waals surface area (Å²) in [5, 5.41) is 1.17. The number of carbonyl (C=O) groups excluding carboxylic acids is 1. The van der Waals surface area contributed by atoms with Gasteiger partial charge in [0, 0.05) is 23.1 Å². The molecule has 0 heterocycles. The minimum absolute atomic E-state index is 0.0211. The highest BCUT2D eigenvalue weighted by Gasteiger charge is 2.42. The molecule has 5 heteroatoms. The van der Waals surface area contributed by atoms with E-state index in [0.29, 0.717) is 10.0 Å². The van der Waals surface area contributed by atoms with E-state index in [2.05, 4.69) is 0 Å². The van der Waals surface area contributed by atoms with Crippen LogP contribution in [0.1, 0.15) is 24.9 Å². The van der Waals surface area contributed by atoms with Gasteiger partial charge in [0.05, 0.1) is 12.0 Å². The van der Waals surface area contributed by atoms with Crippen LogP contribution in [0.4, 0.5) is 0 Å². The standard InChI is InChI=1S/C13H16Cl2N2O/c1-7(9-4-3-8(14)5-11(9)15)17(2)13(18)10-6-12(10)16/h3-5,7,10,12H,6,16H2,1-2H3. The van der Waals surface area contributed by atoms with E-state index in [9.17, 15) is 4.79 Å². The molecule has 0 spiro atoms. The van der Waals surface area contributed by atoms with Gasteiger partial charge in [-0.1, -0.05) is 29.3 Å². The number of hydrogen-bond donors (Lipinski definition) is 1. The SMILES string of the molecule is CC(c1ccc(Cl)cc1Cl)N(C)C(=O)C1CC1N. The van der Waals surface area contributed by atoms with Crippen molar-refractivity contribution in [2.75, 3.05) is 7.05 Å². The van der Waals surface area contributed by atoms with Gasteiger partial charge in [0.2, 0.25) is 5.91 Å². The molecule has 1 amide bonds. The second-order valence-electron chi connectivity index (χ2n) is 4.80. The van der Waals surface area contributed by atoms with E-state index in [1.54, 1.807) is 24.1 Å². The van der Waals surface area contributed by atoms with E-state index in [-0.39, 0.29) is 23.9 Å². The zero-order chi connectivity index (χ0) is 13.4. The van der Waals surface area contributed by atoms with Gasteiger partial charge in [0.25, 0.3) is 0 Å². The lowest BCUT2D eigenvalue weighted by Crippen LogP contribution is -2.32. The van der Waals surface area contributed by atoms with Crippen LogP contribution in [-0.2, 0) is 4.79 Å². The van der Waals surface area contributed by atoms with Gasteiger partial charge < -0.3 is 10.6 Å². The van der Waals surface area contributed by atoms with Gasteiger partial charge in [0.15, 0.2) is 0 Å². The highest BCUT2D eigenvalue weighted by Crippen LogP contribution is 2.34. The molecule has 1 fully saturated rings. The van der Waals surface area contributed by atoms with Crippen LogP contribution < -0.4 is 5.73 Å². The molecule has 1 aromatic rings. The number of halogens is 2. The fourth-order valence-electron chi connectivity index (χ4n) is 2.00. The van der Waals surface area contributed by atoms with Gasteiger partial charge in [-0.25, -0.2) is 0 Å². The van der Waals surface area contributed by atoms with E-state index in [0.717, 1.165) is 12.0 Å². The average molecular weight is 287 g/mol. The molecule has 0 radical (unpaired) electrons. The molecular formula is C13H16Cl2N2O. The Balaban J connectivity index is 2.15. The lowest BCUT2D eigenvalue weighted by atomic mass is 10.1. The summed E-state index contributed by atoms with van der Waals surface area (Å²) in [6.45, 7) is 1.95. The van der Waals surface area contributed by atoms with Crippen molar-refractivity contribution in [2.45, 2.75) is 25.4 Å².